The lowest BCUT2D eigenvalue weighted by Crippen LogP contribution is -2.32. The zero-order valence-corrected chi connectivity index (χ0v) is 10.4. The van der Waals surface area contributed by atoms with Crippen LogP contribution < -0.4 is 0 Å². The Kier molecular flexibility index (Phi) is 3.09. The molecular formula is C13H19BO2. The van der Waals surface area contributed by atoms with Gasteiger partial charge in [-0.1, -0.05) is 44.2 Å². The lowest BCUT2D eigenvalue weighted by atomic mass is 9.75. The summed E-state index contributed by atoms with van der Waals surface area (Å²) in [5.41, 5.74) is 0.863. The highest BCUT2D eigenvalue weighted by atomic mass is 16.7. The van der Waals surface area contributed by atoms with Crippen molar-refractivity contribution in [1.29, 1.82) is 0 Å². The van der Waals surface area contributed by atoms with Gasteiger partial charge < -0.3 is 9.31 Å². The van der Waals surface area contributed by atoms with Crippen molar-refractivity contribution < 1.29 is 9.31 Å². The van der Waals surface area contributed by atoms with E-state index in [0.717, 1.165) is 0 Å². The molecule has 1 aliphatic rings. The lowest BCUT2D eigenvalue weighted by molar-refractivity contribution is 0.0617. The third kappa shape index (κ3) is 1.90. The minimum Gasteiger partial charge on any atom is -0.405 e. The monoisotopic (exact) mass is 218 g/mol. The predicted octanol–water partition coefficient (Wildman–Crippen LogP) is 3.24. The molecule has 2 rings (SSSR count). The minimum absolute atomic E-state index is 0.0855. The van der Waals surface area contributed by atoms with Gasteiger partial charge in [0.15, 0.2) is 0 Å². The van der Waals surface area contributed by atoms with Crippen LogP contribution in [0.25, 0.3) is 0 Å². The van der Waals surface area contributed by atoms with Crippen molar-refractivity contribution in [2.75, 3.05) is 0 Å². The molecule has 16 heavy (non-hydrogen) atoms. The Hall–Kier alpha value is -0.795. The van der Waals surface area contributed by atoms with Gasteiger partial charge in [0.05, 0.1) is 6.10 Å². The van der Waals surface area contributed by atoms with Crippen LogP contribution in [0.4, 0.5) is 0 Å². The Morgan fingerprint density at radius 2 is 1.88 bits per heavy atom. The standard InChI is InChI=1S/C13H19BO2/c1-10(2)14-15-11(3)13(4,16-14)12-8-6-5-7-9-12/h5-11H,1-4H3. The zero-order chi connectivity index (χ0) is 11.8. The van der Waals surface area contributed by atoms with Crippen molar-refractivity contribution in [2.24, 2.45) is 0 Å². The van der Waals surface area contributed by atoms with Crippen LogP contribution in [0.1, 0.15) is 33.3 Å². The Labute approximate surface area is 98.1 Å². The van der Waals surface area contributed by atoms with Gasteiger partial charge in [-0.15, -0.1) is 0 Å². The van der Waals surface area contributed by atoms with E-state index in [4.69, 9.17) is 9.31 Å². The quantitative estimate of drug-likeness (QED) is 0.709. The van der Waals surface area contributed by atoms with Crippen LogP contribution >= 0.6 is 0 Å². The van der Waals surface area contributed by atoms with Crippen LogP contribution in [-0.4, -0.2) is 13.2 Å². The normalized spacial score (nSPS) is 30.1. The van der Waals surface area contributed by atoms with E-state index >= 15 is 0 Å². The van der Waals surface area contributed by atoms with Gasteiger partial charge in [0.25, 0.3) is 0 Å². The number of hydrogen-bond donors (Lipinski definition) is 0. The van der Waals surface area contributed by atoms with Gasteiger partial charge in [0.1, 0.15) is 5.60 Å². The average molecular weight is 218 g/mol. The van der Waals surface area contributed by atoms with Gasteiger partial charge in [-0.05, 0) is 25.2 Å². The maximum atomic E-state index is 6.09. The van der Waals surface area contributed by atoms with Crippen molar-refractivity contribution in [2.45, 2.75) is 45.2 Å². The van der Waals surface area contributed by atoms with Crippen molar-refractivity contribution >= 4 is 7.12 Å². The Morgan fingerprint density at radius 3 is 2.38 bits per heavy atom. The van der Waals surface area contributed by atoms with Gasteiger partial charge in [-0.2, -0.15) is 0 Å². The van der Waals surface area contributed by atoms with Crippen molar-refractivity contribution in [3.8, 4) is 0 Å². The summed E-state index contributed by atoms with van der Waals surface area (Å²) in [6, 6.07) is 10.3. The summed E-state index contributed by atoms with van der Waals surface area (Å²) in [5, 5.41) is 0. The van der Waals surface area contributed by atoms with Crippen LogP contribution in [0.5, 0.6) is 0 Å². The van der Waals surface area contributed by atoms with E-state index in [2.05, 4.69) is 39.8 Å². The van der Waals surface area contributed by atoms with E-state index in [0.29, 0.717) is 5.82 Å². The first-order valence-corrected chi connectivity index (χ1v) is 5.93. The molecule has 2 unspecified atom stereocenters. The van der Waals surface area contributed by atoms with Crippen molar-refractivity contribution in [1.82, 2.24) is 0 Å². The average Bonchev–Trinajstić information content (AvgIpc) is 2.58. The van der Waals surface area contributed by atoms with Gasteiger partial charge in [0.2, 0.25) is 0 Å². The molecular weight excluding hydrogens is 199 g/mol. The third-order valence-electron chi connectivity index (χ3n) is 3.37. The van der Waals surface area contributed by atoms with Gasteiger partial charge >= 0.3 is 7.12 Å². The molecule has 1 aromatic rings. The number of rotatable bonds is 2. The van der Waals surface area contributed by atoms with E-state index < -0.39 is 0 Å². The molecule has 86 valence electrons. The molecule has 0 amide bonds. The van der Waals surface area contributed by atoms with E-state index in [-0.39, 0.29) is 18.8 Å². The molecule has 1 saturated heterocycles. The molecule has 3 heteroatoms. The van der Waals surface area contributed by atoms with Crippen molar-refractivity contribution in [3.05, 3.63) is 35.9 Å². The first kappa shape index (κ1) is 11.7. The molecule has 2 atom stereocenters. The summed E-state index contributed by atoms with van der Waals surface area (Å²) >= 11 is 0. The minimum atomic E-state index is -0.323. The SMILES string of the molecule is CC(C)B1OC(C)C(C)(c2ccccc2)O1. The first-order valence-electron chi connectivity index (χ1n) is 5.93. The molecule has 1 heterocycles. The summed E-state index contributed by atoms with van der Waals surface area (Å²) < 4.78 is 12.0. The number of hydrogen-bond acceptors (Lipinski definition) is 2. The Bertz CT molecular complexity index is 352. The van der Waals surface area contributed by atoms with E-state index in [9.17, 15) is 0 Å². The Balaban J connectivity index is 2.26. The fourth-order valence-electron chi connectivity index (χ4n) is 2.06. The smallest absolute Gasteiger partial charge is 0.405 e. The summed E-state index contributed by atoms with van der Waals surface area (Å²) in [4.78, 5) is 0. The largest absolute Gasteiger partial charge is 0.460 e. The highest BCUT2D eigenvalue weighted by Crippen LogP contribution is 2.39. The van der Waals surface area contributed by atoms with Gasteiger partial charge in [-0.3, -0.25) is 0 Å². The van der Waals surface area contributed by atoms with Crippen LogP contribution in [0, 0.1) is 0 Å². The maximum absolute atomic E-state index is 6.09. The van der Waals surface area contributed by atoms with Crippen LogP contribution in [0.3, 0.4) is 0 Å². The topological polar surface area (TPSA) is 18.5 Å². The molecule has 0 aliphatic carbocycles. The summed E-state index contributed by atoms with van der Waals surface area (Å²) in [7, 11) is -0.0970. The molecule has 0 aromatic heterocycles. The second-order valence-electron chi connectivity index (χ2n) is 4.98. The summed E-state index contributed by atoms with van der Waals surface area (Å²) in [6.45, 7) is 8.42. The molecule has 0 N–H and O–H groups in total. The predicted molar refractivity (Wildman–Crippen MR) is 66.3 cm³/mol. The summed E-state index contributed by atoms with van der Waals surface area (Å²) in [6.07, 6.45) is 0.0855. The molecule has 1 aromatic carbocycles. The fraction of sp³-hybridized carbons (Fsp3) is 0.538. The maximum Gasteiger partial charge on any atom is 0.460 e. The molecule has 0 bridgehead atoms. The van der Waals surface area contributed by atoms with Gasteiger partial charge in [0, 0.05) is 0 Å². The molecule has 0 radical (unpaired) electrons. The molecule has 0 saturated carbocycles. The van der Waals surface area contributed by atoms with Crippen LogP contribution in [0.15, 0.2) is 30.3 Å². The summed E-state index contributed by atoms with van der Waals surface area (Å²) in [5.74, 6) is 0.382. The third-order valence-corrected chi connectivity index (χ3v) is 3.37. The highest BCUT2D eigenvalue weighted by Gasteiger charge is 2.48. The fourth-order valence-corrected chi connectivity index (χ4v) is 2.06. The van der Waals surface area contributed by atoms with Gasteiger partial charge in [-0.25, -0.2) is 0 Å². The van der Waals surface area contributed by atoms with Crippen LogP contribution in [-0.2, 0) is 14.9 Å². The lowest BCUT2D eigenvalue weighted by Gasteiger charge is -2.28. The first-order chi connectivity index (χ1) is 7.54. The second kappa shape index (κ2) is 4.23. The molecule has 0 spiro atoms. The van der Waals surface area contributed by atoms with E-state index in [1.54, 1.807) is 0 Å². The van der Waals surface area contributed by atoms with Crippen molar-refractivity contribution in [3.63, 3.8) is 0 Å². The zero-order valence-electron chi connectivity index (χ0n) is 10.4. The molecule has 2 nitrogen and oxygen atoms in total. The molecule has 1 fully saturated rings. The van der Waals surface area contributed by atoms with E-state index in [1.165, 1.54) is 5.56 Å². The van der Waals surface area contributed by atoms with Crippen LogP contribution in [0.2, 0.25) is 5.82 Å². The van der Waals surface area contributed by atoms with E-state index in [1.807, 2.05) is 18.2 Å². The highest BCUT2D eigenvalue weighted by molar-refractivity contribution is 6.47. The Morgan fingerprint density at radius 1 is 1.25 bits per heavy atom. The number of benzene rings is 1. The molecule has 1 aliphatic heterocycles. The second-order valence-corrected chi connectivity index (χ2v) is 4.98.